The predicted octanol–water partition coefficient (Wildman–Crippen LogP) is 17.7. The third kappa shape index (κ3) is 7.25. The average molecular weight is 823 g/mol. The predicted molar refractivity (Wildman–Crippen MR) is 270 cm³/mol. The molecule has 0 saturated heterocycles. The molecule has 0 aliphatic rings. The fourth-order valence-corrected chi connectivity index (χ4v) is 10.1. The van der Waals surface area contributed by atoms with E-state index >= 15 is 0 Å². The summed E-state index contributed by atoms with van der Waals surface area (Å²) in [5, 5.41) is 2.58. The highest BCUT2D eigenvalue weighted by atomic mass is 32.1. The van der Waals surface area contributed by atoms with Gasteiger partial charge >= 0.3 is 0 Å². The summed E-state index contributed by atoms with van der Waals surface area (Å²) in [4.78, 5) is 4.90. The van der Waals surface area contributed by atoms with Gasteiger partial charge in [0.25, 0.3) is 0 Å². The first-order valence-corrected chi connectivity index (χ1v) is 22.2. The van der Waals surface area contributed by atoms with Crippen LogP contribution in [-0.4, -0.2) is 0 Å². The standard InChI is InChI=1S/C60H42N2S/c1-4-21-43(22-5-1)49-29-10-15-34-55(49)61(48-39-40-54-53-33-14-19-38-59(53)63-60(54)42-48)47-28-20-27-46(41-47)52-32-13-18-37-58(52)62(56-35-16-11-30-50(56)44-23-6-2-7-24-44)57-36-17-12-31-51(57)45-25-8-3-9-26-45/h1-42H. The molecular formula is C60H42N2S. The smallest absolute Gasteiger partial charge is 0.0540 e. The van der Waals surface area contributed by atoms with E-state index in [1.807, 2.05) is 11.3 Å². The molecule has 0 amide bonds. The van der Waals surface area contributed by atoms with Crippen LogP contribution < -0.4 is 9.80 Å². The quantitative estimate of drug-likeness (QED) is 0.136. The Bertz CT molecular complexity index is 3270. The van der Waals surface area contributed by atoms with Gasteiger partial charge in [-0.25, -0.2) is 0 Å². The molecule has 2 nitrogen and oxygen atoms in total. The first-order chi connectivity index (χ1) is 31.3. The molecule has 11 rings (SSSR count). The van der Waals surface area contributed by atoms with Crippen LogP contribution >= 0.6 is 11.3 Å². The van der Waals surface area contributed by atoms with Crippen molar-refractivity contribution in [2.45, 2.75) is 0 Å². The van der Waals surface area contributed by atoms with Gasteiger partial charge in [0.1, 0.15) is 0 Å². The van der Waals surface area contributed by atoms with Crippen molar-refractivity contribution in [1.82, 2.24) is 0 Å². The Balaban J connectivity index is 1.12. The van der Waals surface area contributed by atoms with Gasteiger partial charge in [-0.2, -0.15) is 0 Å². The fraction of sp³-hybridized carbons (Fsp3) is 0. The van der Waals surface area contributed by atoms with E-state index in [-0.39, 0.29) is 0 Å². The first-order valence-electron chi connectivity index (χ1n) is 21.4. The van der Waals surface area contributed by atoms with Crippen molar-refractivity contribution in [3.05, 3.63) is 255 Å². The van der Waals surface area contributed by atoms with Crippen LogP contribution in [0.5, 0.6) is 0 Å². The Morgan fingerprint density at radius 3 is 1.14 bits per heavy atom. The number of anilines is 6. The maximum absolute atomic E-state index is 2.46. The molecule has 0 N–H and O–H groups in total. The summed E-state index contributed by atoms with van der Waals surface area (Å²) >= 11 is 1.85. The molecular weight excluding hydrogens is 781 g/mol. The van der Waals surface area contributed by atoms with E-state index in [0.29, 0.717) is 0 Å². The molecule has 3 heteroatoms. The van der Waals surface area contributed by atoms with Crippen LogP contribution in [0.3, 0.4) is 0 Å². The summed E-state index contributed by atoms with van der Waals surface area (Å²) in [5.74, 6) is 0. The lowest BCUT2D eigenvalue weighted by Crippen LogP contribution is -2.14. The molecule has 11 aromatic rings. The third-order valence-electron chi connectivity index (χ3n) is 11.9. The van der Waals surface area contributed by atoms with Crippen molar-refractivity contribution >= 4 is 65.6 Å². The SMILES string of the molecule is c1ccc(-c2ccccc2N(c2cccc(-c3ccccc3N(c3ccccc3-c3ccccc3)c3ccccc3-c3ccccc3)c2)c2ccc3c(c2)sc2ccccc23)cc1. The zero-order chi connectivity index (χ0) is 42.0. The second-order valence-electron chi connectivity index (χ2n) is 15.7. The molecule has 1 aromatic heterocycles. The van der Waals surface area contributed by atoms with Crippen molar-refractivity contribution in [1.29, 1.82) is 0 Å². The molecule has 0 aliphatic carbocycles. The van der Waals surface area contributed by atoms with Crippen LogP contribution in [-0.2, 0) is 0 Å². The normalized spacial score (nSPS) is 11.2. The second-order valence-corrected chi connectivity index (χ2v) is 16.8. The molecule has 0 atom stereocenters. The second kappa shape index (κ2) is 16.8. The highest BCUT2D eigenvalue weighted by molar-refractivity contribution is 7.25. The Morgan fingerprint density at radius 1 is 0.238 bits per heavy atom. The molecule has 1 heterocycles. The largest absolute Gasteiger partial charge is 0.310 e. The van der Waals surface area contributed by atoms with E-state index < -0.39 is 0 Å². The Kier molecular flexibility index (Phi) is 10.1. The molecule has 0 bridgehead atoms. The maximum atomic E-state index is 2.46. The van der Waals surface area contributed by atoms with Crippen molar-refractivity contribution in [3.8, 4) is 44.5 Å². The molecule has 0 unspecified atom stereocenters. The number of para-hydroxylation sites is 4. The zero-order valence-corrected chi connectivity index (χ0v) is 35.4. The van der Waals surface area contributed by atoms with Crippen molar-refractivity contribution in [2.24, 2.45) is 0 Å². The van der Waals surface area contributed by atoms with Crippen molar-refractivity contribution < 1.29 is 0 Å². The van der Waals surface area contributed by atoms with Crippen LogP contribution in [0, 0.1) is 0 Å². The molecule has 63 heavy (non-hydrogen) atoms. The highest BCUT2D eigenvalue weighted by Gasteiger charge is 2.24. The van der Waals surface area contributed by atoms with E-state index in [1.165, 1.54) is 31.3 Å². The molecule has 0 radical (unpaired) electrons. The van der Waals surface area contributed by atoms with Crippen LogP contribution in [0.25, 0.3) is 64.7 Å². The van der Waals surface area contributed by atoms with E-state index in [2.05, 4.69) is 265 Å². The number of thiophene rings is 1. The van der Waals surface area contributed by atoms with Gasteiger partial charge < -0.3 is 9.80 Å². The van der Waals surface area contributed by atoms with Gasteiger partial charge in [-0.3, -0.25) is 0 Å². The highest BCUT2D eigenvalue weighted by Crippen LogP contribution is 2.49. The molecule has 10 aromatic carbocycles. The number of rotatable bonds is 10. The van der Waals surface area contributed by atoms with Gasteiger partial charge in [0.15, 0.2) is 0 Å². The van der Waals surface area contributed by atoms with E-state index in [4.69, 9.17) is 0 Å². The van der Waals surface area contributed by atoms with Crippen LogP contribution in [0.1, 0.15) is 0 Å². The minimum absolute atomic E-state index is 1.08. The first kappa shape index (κ1) is 38.0. The third-order valence-corrected chi connectivity index (χ3v) is 13.0. The molecule has 298 valence electrons. The Morgan fingerprint density at radius 2 is 0.619 bits per heavy atom. The van der Waals surface area contributed by atoms with Gasteiger partial charge in [-0.05, 0) is 76.9 Å². The summed E-state index contributed by atoms with van der Waals surface area (Å²) in [5.41, 5.74) is 15.8. The number of nitrogens with zero attached hydrogens (tertiary/aromatic N) is 2. The summed E-state index contributed by atoms with van der Waals surface area (Å²) in [6.07, 6.45) is 0. The topological polar surface area (TPSA) is 6.48 Å². The zero-order valence-electron chi connectivity index (χ0n) is 34.6. The molecule has 0 spiro atoms. The number of hydrogen-bond donors (Lipinski definition) is 0. The molecule has 0 saturated carbocycles. The summed E-state index contributed by atoms with van der Waals surface area (Å²) in [7, 11) is 0. The lowest BCUT2D eigenvalue weighted by Gasteiger charge is -2.32. The summed E-state index contributed by atoms with van der Waals surface area (Å²) in [6.45, 7) is 0. The molecule has 0 fully saturated rings. The van der Waals surface area contributed by atoms with Crippen LogP contribution in [0.2, 0.25) is 0 Å². The van der Waals surface area contributed by atoms with Crippen LogP contribution in [0.4, 0.5) is 34.1 Å². The summed E-state index contributed by atoms with van der Waals surface area (Å²) < 4.78 is 2.56. The number of fused-ring (bicyclic) bond motifs is 3. The van der Waals surface area contributed by atoms with Gasteiger partial charge in [0.05, 0.1) is 22.7 Å². The van der Waals surface area contributed by atoms with Gasteiger partial charge in [0, 0.05) is 53.8 Å². The lowest BCUT2D eigenvalue weighted by molar-refractivity contribution is 1.28. The van der Waals surface area contributed by atoms with Crippen LogP contribution in [0.15, 0.2) is 255 Å². The fourth-order valence-electron chi connectivity index (χ4n) is 8.99. The van der Waals surface area contributed by atoms with Gasteiger partial charge in [-0.15, -0.1) is 11.3 Å². The number of benzene rings is 10. The van der Waals surface area contributed by atoms with E-state index in [1.54, 1.807) is 0 Å². The number of hydrogen-bond acceptors (Lipinski definition) is 3. The van der Waals surface area contributed by atoms with Crippen molar-refractivity contribution in [3.63, 3.8) is 0 Å². The Hall–Kier alpha value is -7.98. The van der Waals surface area contributed by atoms with Gasteiger partial charge in [0.2, 0.25) is 0 Å². The monoisotopic (exact) mass is 822 g/mol. The van der Waals surface area contributed by atoms with Gasteiger partial charge in [-0.1, -0.05) is 200 Å². The average Bonchev–Trinajstić information content (AvgIpc) is 3.74. The molecule has 0 aliphatic heterocycles. The van der Waals surface area contributed by atoms with E-state index in [9.17, 15) is 0 Å². The summed E-state index contributed by atoms with van der Waals surface area (Å²) in [6, 6.07) is 92.1. The minimum atomic E-state index is 1.08. The van der Waals surface area contributed by atoms with E-state index in [0.717, 1.165) is 67.5 Å². The minimum Gasteiger partial charge on any atom is -0.310 e. The van der Waals surface area contributed by atoms with Crippen molar-refractivity contribution in [2.75, 3.05) is 9.80 Å². The lowest BCUT2D eigenvalue weighted by atomic mass is 9.96. The maximum Gasteiger partial charge on any atom is 0.0540 e. The Labute approximate surface area is 372 Å².